The molecule has 4 rings (SSSR count). The molecule has 0 aliphatic rings. The SMILES string of the molecule is COc1ccc(-c2cc(C(=O)O[C@H](Cc3ccc4ccccc4c3)C(=O)O)c(C)o2)cc1. The monoisotopic (exact) mass is 430 g/mol. The summed E-state index contributed by atoms with van der Waals surface area (Å²) >= 11 is 0. The number of carboxylic acid groups (broad SMARTS) is 1. The highest BCUT2D eigenvalue weighted by molar-refractivity contribution is 5.93. The maximum absolute atomic E-state index is 12.8. The molecule has 0 unspecified atom stereocenters. The number of carbonyl (C=O) groups is 2. The predicted octanol–water partition coefficient (Wildman–Crippen LogP) is 5.27. The Bertz CT molecular complexity index is 1270. The third-order valence-corrected chi connectivity index (χ3v) is 5.27. The number of furan rings is 1. The number of benzene rings is 3. The van der Waals surface area contributed by atoms with Crippen molar-refractivity contribution in [3.05, 3.63) is 89.7 Å². The molecule has 3 aromatic carbocycles. The molecule has 0 spiro atoms. The van der Waals surface area contributed by atoms with Crippen molar-refractivity contribution in [1.29, 1.82) is 0 Å². The molecule has 0 saturated heterocycles. The molecule has 1 aromatic heterocycles. The maximum Gasteiger partial charge on any atom is 0.345 e. The van der Waals surface area contributed by atoms with Gasteiger partial charge in [0.05, 0.1) is 7.11 Å². The molecule has 0 bridgehead atoms. The van der Waals surface area contributed by atoms with Crippen LogP contribution < -0.4 is 4.74 Å². The molecule has 0 aliphatic carbocycles. The minimum atomic E-state index is -1.32. The van der Waals surface area contributed by atoms with E-state index in [1.54, 1.807) is 32.2 Å². The van der Waals surface area contributed by atoms with Crippen LogP contribution in [-0.4, -0.2) is 30.3 Å². The van der Waals surface area contributed by atoms with Gasteiger partial charge in [-0.25, -0.2) is 9.59 Å². The van der Waals surface area contributed by atoms with Crippen LogP contribution in [0.15, 0.2) is 77.2 Å². The minimum Gasteiger partial charge on any atom is -0.497 e. The van der Waals surface area contributed by atoms with E-state index < -0.39 is 18.0 Å². The number of aliphatic carboxylic acids is 1. The standard InChI is InChI=1S/C26H22O6/c1-16-22(15-23(31-16)19-9-11-21(30-2)12-10-19)26(29)32-24(25(27)28)14-17-7-8-18-5-3-4-6-20(18)13-17/h3-13,15,24H,14H2,1-2H3,(H,27,28)/t24-/m1/s1. The number of hydrogen-bond donors (Lipinski definition) is 1. The Morgan fingerprint density at radius 3 is 2.38 bits per heavy atom. The van der Waals surface area contributed by atoms with Crippen LogP contribution in [-0.2, 0) is 16.0 Å². The lowest BCUT2D eigenvalue weighted by molar-refractivity contribution is -0.147. The molecular formula is C26H22O6. The summed E-state index contributed by atoms with van der Waals surface area (Å²) < 4.78 is 16.2. The van der Waals surface area contributed by atoms with Gasteiger partial charge in [0, 0.05) is 12.0 Å². The quantitative estimate of drug-likeness (QED) is 0.402. The second kappa shape index (κ2) is 8.98. The van der Waals surface area contributed by atoms with E-state index in [-0.39, 0.29) is 12.0 Å². The molecule has 6 heteroatoms. The van der Waals surface area contributed by atoms with Gasteiger partial charge in [-0.05, 0) is 53.6 Å². The summed E-state index contributed by atoms with van der Waals surface area (Å²) in [4.78, 5) is 24.6. The van der Waals surface area contributed by atoms with Crippen molar-refractivity contribution in [2.75, 3.05) is 7.11 Å². The number of carboxylic acids is 1. The minimum absolute atomic E-state index is 0.0636. The van der Waals surface area contributed by atoms with Gasteiger partial charge in [0.15, 0.2) is 0 Å². The topological polar surface area (TPSA) is 86.0 Å². The molecule has 162 valence electrons. The molecule has 0 radical (unpaired) electrons. The first-order valence-corrected chi connectivity index (χ1v) is 10.1. The van der Waals surface area contributed by atoms with Gasteiger partial charge in [-0.15, -0.1) is 0 Å². The number of aryl methyl sites for hydroxylation is 1. The van der Waals surface area contributed by atoms with Gasteiger partial charge in [0.25, 0.3) is 0 Å². The molecule has 0 fully saturated rings. The van der Waals surface area contributed by atoms with E-state index in [1.807, 2.05) is 54.6 Å². The highest BCUT2D eigenvalue weighted by Gasteiger charge is 2.26. The van der Waals surface area contributed by atoms with E-state index in [0.29, 0.717) is 17.3 Å². The first kappa shape index (κ1) is 21.2. The van der Waals surface area contributed by atoms with Crippen LogP contribution in [0.4, 0.5) is 0 Å². The summed E-state index contributed by atoms with van der Waals surface area (Å²) in [6, 6.07) is 22.2. The molecule has 1 N–H and O–H groups in total. The summed E-state index contributed by atoms with van der Waals surface area (Å²) in [5.74, 6) is -0.397. The van der Waals surface area contributed by atoms with Crippen LogP contribution in [0.3, 0.4) is 0 Å². The van der Waals surface area contributed by atoms with Crippen molar-refractivity contribution in [3.8, 4) is 17.1 Å². The van der Waals surface area contributed by atoms with Crippen LogP contribution in [0.5, 0.6) is 5.75 Å². The fraction of sp³-hybridized carbons (Fsp3) is 0.154. The number of fused-ring (bicyclic) bond motifs is 1. The second-order valence-corrected chi connectivity index (χ2v) is 7.43. The van der Waals surface area contributed by atoms with Crippen molar-refractivity contribution in [2.24, 2.45) is 0 Å². The van der Waals surface area contributed by atoms with Crippen LogP contribution in [0, 0.1) is 6.92 Å². The lowest BCUT2D eigenvalue weighted by atomic mass is 10.0. The third kappa shape index (κ3) is 4.49. The number of hydrogen-bond acceptors (Lipinski definition) is 5. The van der Waals surface area contributed by atoms with Crippen LogP contribution in [0.2, 0.25) is 0 Å². The van der Waals surface area contributed by atoms with Crippen molar-refractivity contribution in [2.45, 2.75) is 19.4 Å². The van der Waals surface area contributed by atoms with E-state index in [2.05, 4.69) is 0 Å². The third-order valence-electron chi connectivity index (χ3n) is 5.27. The predicted molar refractivity (Wildman–Crippen MR) is 120 cm³/mol. The molecule has 32 heavy (non-hydrogen) atoms. The van der Waals surface area contributed by atoms with Gasteiger partial charge < -0.3 is 19.0 Å². The van der Waals surface area contributed by atoms with Crippen LogP contribution in [0.1, 0.15) is 21.7 Å². The summed E-state index contributed by atoms with van der Waals surface area (Å²) in [6.45, 7) is 1.64. The van der Waals surface area contributed by atoms with E-state index in [9.17, 15) is 14.7 Å². The van der Waals surface area contributed by atoms with Crippen LogP contribution >= 0.6 is 0 Å². The lowest BCUT2D eigenvalue weighted by Crippen LogP contribution is -2.29. The van der Waals surface area contributed by atoms with Gasteiger partial charge in [0.1, 0.15) is 22.8 Å². The van der Waals surface area contributed by atoms with E-state index in [4.69, 9.17) is 13.9 Å². The first-order valence-electron chi connectivity index (χ1n) is 10.1. The number of esters is 1. The Balaban J connectivity index is 1.52. The summed E-state index contributed by atoms with van der Waals surface area (Å²) in [5, 5.41) is 11.7. The molecule has 0 aliphatic heterocycles. The van der Waals surface area contributed by atoms with E-state index in [0.717, 1.165) is 21.9 Å². The van der Waals surface area contributed by atoms with Gasteiger partial charge in [-0.1, -0.05) is 42.5 Å². The zero-order valence-corrected chi connectivity index (χ0v) is 17.7. The van der Waals surface area contributed by atoms with Crippen molar-refractivity contribution < 1.29 is 28.6 Å². The normalized spacial score (nSPS) is 11.8. The first-order chi connectivity index (χ1) is 15.4. The fourth-order valence-electron chi connectivity index (χ4n) is 3.53. The van der Waals surface area contributed by atoms with Crippen molar-refractivity contribution >= 4 is 22.7 Å². The maximum atomic E-state index is 12.8. The smallest absolute Gasteiger partial charge is 0.345 e. The Labute approximate surface area is 185 Å². The number of rotatable bonds is 7. The van der Waals surface area contributed by atoms with Gasteiger partial charge in [0.2, 0.25) is 6.10 Å². The van der Waals surface area contributed by atoms with Crippen molar-refractivity contribution in [3.63, 3.8) is 0 Å². The number of methoxy groups -OCH3 is 1. The summed E-state index contributed by atoms with van der Waals surface area (Å²) in [5.41, 5.74) is 1.73. The molecule has 0 amide bonds. The van der Waals surface area contributed by atoms with Gasteiger partial charge in [-0.3, -0.25) is 0 Å². The highest BCUT2D eigenvalue weighted by atomic mass is 16.6. The molecule has 4 aromatic rings. The fourth-order valence-corrected chi connectivity index (χ4v) is 3.53. The Morgan fingerprint density at radius 1 is 0.969 bits per heavy atom. The summed E-state index contributed by atoms with van der Waals surface area (Å²) in [6.07, 6.45) is -1.25. The van der Waals surface area contributed by atoms with Gasteiger partial charge in [-0.2, -0.15) is 0 Å². The lowest BCUT2D eigenvalue weighted by Gasteiger charge is -2.14. The Hall–Kier alpha value is -4.06. The Morgan fingerprint density at radius 2 is 1.69 bits per heavy atom. The average Bonchev–Trinajstić information content (AvgIpc) is 3.20. The highest BCUT2D eigenvalue weighted by Crippen LogP contribution is 2.28. The molecule has 6 nitrogen and oxygen atoms in total. The molecular weight excluding hydrogens is 408 g/mol. The second-order valence-electron chi connectivity index (χ2n) is 7.43. The van der Waals surface area contributed by atoms with Gasteiger partial charge >= 0.3 is 11.9 Å². The number of carbonyl (C=O) groups excluding carboxylic acids is 1. The van der Waals surface area contributed by atoms with Crippen LogP contribution in [0.25, 0.3) is 22.1 Å². The van der Waals surface area contributed by atoms with E-state index >= 15 is 0 Å². The van der Waals surface area contributed by atoms with Crippen molar-refractivity contribution in [1.82, 2.24) is 0 Å². The zero-order chi connectivity index (χ0) is 22.7. The summed E-state index contributed by atoms with van der Waals surface area (Å²) in [7, 11) is 1.58. The molecule has 0 saturated carbocycles. The molecule has 1 atom stereocenters. The van der Waals surface area contributed by atoms with E-state index in [1.165, 1.54) is 0 Å². The number of ether oxygens (including phenoxy) is 2. The molecule has 1 heterocycles. The average molecular weight is 430 g/mol. The largest absolute Gasteiger partial charge is 0.497 e. The zero-order valence-electron chi connectivity index (χ0n) is 17.7. The Kier molecular flexibility index (Phi) is 5.94.